The normalized spacial score (nSPS) is 19.1. The lowest BCUT2D eigenvalue weighted by Crippen LogP contribution is -2.41. The Labute approximate surface area is 156 Å². The average Bonchev–Trinajstić information content (AvgIpc) is 2.69. The van der Waals surface area contributed by atoms with Crippen molar-refractivity contribution in [3.63, 3.8) is 0 Å². The molecule has 26 heavy (non-hydrogen) atoms. The SMILES string of the molecule is O=C(Nc1cc2c(cc1Cl)OCCO2)C1CCCN(c2ncccn2)C1. The fourth-order valence-corrected chi connectivity index (χ4v) is 3.42. The number of fused-ring (bicyclic) bond motifs is 1. The van der Waals surface area contributed by atoms with Gasteiger partial charge in [0.15, 0.2) is 11.5 Å². The fourth-order valence-electron chi connectivity index (χ4n) is 3.22. The van der Waals surface area contributed by atoms with Gasteiger partial charge in [-0.2, -0.15) is 0 Å². The van der Waals surface area contributed by atoms with Crippen LogP contribution in [0.25, 0.3) is 0 Å². The van der Waals surface area contributed by atoms with Gasteiger partial charge in [0.1, 0.15) is 13.2 Å². The summed E-state index contributed by atoms with van der Waals surface area (Å²) in [6.07, 6.45) is 5.14. The smallest absolute Gasteiger partial charge is 0.229 e. The summed E-state index contributed by atoms with van der Waals surface area (Å²) in [6, 6.07) is 5.17. The van der Waals surface area contributed by atoms with Crippen LogP contribution in [0.1, 0.15) is 12.8 Å². The molecule has 2 aromatic rings. The van der Waals surface area contributed by atoms with Gasteiger partial charge in [-0.25, -0.2) is 9.97 Å². The lowest BCUT2D eigenvalue weighted by molar-refractivity contribution is -0.120. The summed E-state index contributed by atoms with van der Waals surface area (Å²) in [5, 5.41) is 3.36. The van der Waals surface area contributed by atoms with Crippen LogP contribution in [0.2, 0.25) is 5.02 Å². The first-order chi connectivity index (χ1) is 12.7. The molecule has 1 aromatic carbocycles. The largest absolute Gasteiger partial charge is 0.486 e. The highest BCUT2D eigenvalue weighted by molar-refractivity contribution is 6.34. The van der Waals surface area contributed by atoms with E-state index in [9.17, 15) is 4.79 Å². The summed E-state index contributed by atoms with van der Waals surface area (Å²) >= 11 is 6.29. The molecule has 1 unspecified atom stereocenters. The van der Waals surface area contributed by atoms with Crippen molar-refractivity contribution in [3.8, 4) is 11.5 Å². The van der Waals surface area contributed by atoms with Crippen LogP contribution in [0, 0.1) is 5.92 Å². The predicted octanol–water partition coefficient (Wildman–Crippen LogP) is 2.76. The zero-order valence-corrected chi connectivity index (χ0v) is 14.9. The highest BCUT2D eigenvalue weighted by atomic mass is 35.5. The van der Waals surface area contributed by atoms with Gasteiger partial charge >= 0.3 is 0 Å². The second kappa shape index (κ2) is 7.37. The number of nitrogens with zero attached hydrogens (tertiary/aromatic N) is 3. The molecule has 0 bridgehead atoms. The van der Waals surface area contributed by atoms with E-state index in [4.69, 9.17) is 21.1 Å². The Hall–Kier alpha value is -2.54. The van der Waals surface area contributed by atoms with Gasteiger partial charge in [0.25, 0.3) is 0 Å². The Morgan fingerprint density at radius 2 is 1.92 bits per heavy atom. The third-order valence-electron chi connectivity index (χ3n) is 4.52. The first kappa shape index (κ1) is 16.9. The highest BCUT2D eigenvalue weighted by Crippen LogP contribution is 2.38. The third kappa shape index (κ3) is 3.53. The van der Waals surface area contributed by atoms with E-state index >= 15 is 0 Å². The molecule has 0 aliphatic carbocycles. The Morgan fingerprint density at radius 3 is 2.69 bits per heavy atom. The van der Waals surface area contributed by atoms with Crippen molar-refractivity contribution in [2.75, 3.05) is 36.5 Å². The Balaban J connectivity index is 1.46. The summed E-state index contributed by atoms with van der Waals surface area (Å²) in [4.78, 5) is 23.3. The number of hydrogen-bond acceptors (Lipinski definition) is 6. The van der Waals surface area contributed by atoms with E-state index < -0.39 is 0 Å². The minimum absolute atomic E-state index is 0.0655. The molecular formula is C18H19ClN4O3. The molecule has 1 N–H and O–H groups in total. The van der Waals surface area contributed by atoms with Gasteiger partial charge in [-0.1, -0.05) is 11.6 Å². The van der Waals surface area contributed by atoms with Crippen LogP contribution in [0.15, 0.2) is 30.6 Å². The molecule has 0 saturated carbocycles. The Morgan fingerprint density at radius 1 is 1.19 bits per heavy atom. The van der Waals surface area contributed by atoms with Gasteiger partial charge in [-0.3, -0.25) is 4.79 Å². The number of amides is 1. The van der Waals surface area contributed by atoms with Crippen LogP contribution in [0.4, 0.5) is 11.6 Å². The van der Waals surface area contributed by atoms with Gasteiger partial charge in [-0.05, 0) is 18.9 Å². The number of nitrogens with one attached hydrogen (secondary N) is 1. The molecule has 136 valence electrons. The molecule has 1 fully saturated rings. The van der Waals surface area contributed by atoms with E-state index in [2.05, 4.69) is 15.3 Å². The van der Waals surface area contributed by atoms with Crippen LogP contribution in [0.3, 0.4) is 0 Å². The summed E-state index contributed by atoms with van der Waals surface area (Å²) < 4.78 is 11.1. The average molecular weight is 375 g/mol. The number of benzene rings is 1. The van der Waals surface area contributed by atoms with Crippen LogP contribution in [0.5, 0.6) is 11.5 Å². The maximum absolute atomic E-state index is 12.8. The Kier molecular flexibility index (Phi) is 4.79. The molecule has 2 aliphatic heterocycles. The van der Waals surface area contributed by atoms with Crippen molar-refractivity contribution in [2.45, 2.75) is 12.8 Å². The molecule has 4 rings (SSSR count). The summed E-state index contributed by atoms with van der Waals surface area (Å²) in [5.74, 6) is 1.63. The molecule has 0 radical (unpaired) electrons. The predicted molar refractivity (Wildman–Crippen MR) is 98.0 cm³/mol. The second-order valence-electron chi connectivity index (χ2n) is 6.30. The fraction of sp³-hybridized carbons (Fsp3) is 0.389. The van der Waals surface area contributed by atoms with Gasteiger partial charge < -0.3 is 19.7 Å². The quantitative estimate of drug-likeness (QED) is 0.890. The molecule has 7 nitrogen and oxygen atoms in total. The number of aromatic nitrogens is 2. The molecule has 8 heteroatoms. The molecule has 1 aromatic heterocycles. The lowest BCUT2D eigenvalue weighted by atomic mass is 9.97. The van der Waals surface area contributed by atoms with Crippen LogP contribution in [-0.2, 0) is 4.79 Å². The number of ether oxygens (including phenoxy) is 2. The third-order valence-corrected chi connectivity index (χ3v) is 4.83. The van der Waals surface area contributed by atoms with Crippen molar-refractivity contribution >= 4 is 29.1 Å². The van der Waals surface area contributed by atoms with Crippen molar-refractivity contribution in [2.24, 2.45) is 5.92 Å². The van der Waals surface area contributed by atoms with Crippen molar-refractivity contribution in [3.05, 3.63) is 35.6 Å². The number of anilines is 2. The number of piperidine rings is 1. The monoisotopic (exact) mass is 374 g/mol. The molecule has 1 saturated heterocycles. The zero-order valence-electron chi connectivity index (χ0n) is 14.2. The maximum Gasteiger partial charge on any atom is 0.229 e. The molecule has 2 aliphatic rings. The van der Waals surface area contributed by atoms with E-state index in [1.807, 2.05) is 4.90 Å². The summed E-state index contributed by atoms with van der Waals surface area (Å²) in [7, 11) is 0. The minimum atomic E-state index is -0.156. The van der Waals surface area contributed by atoms with E-state index in [0.29, 0.717) is 47.9 Å². The molecular weight excluding hydrogens is 356 g/mol. The van der Waals surface area contributed by atoms with E-state index in [0.717, 1.165) is 19.4 Å². The number of hydrogen-bond donors (Lipinski definition) is 1. The van der Waals surface area contributed by atoms with E-state index in [1.54, 1.807) is 30.6 Å². The first-order valence-electron chi connectivity index (χ1n) is 8.62. The topological polar surface area (TPSA) is 76.6 Å². The maximum atomic E-state index is 12.8. The van der Waals surface area contributed by atoms with E-state index in [-0.39, 0.29) is 11.8 Å². The second-order valence-corrected chi connectivity index (χ2v) is 6.71. The standard InChI is InChI=1S/C18H19ClN4O3/c19-13-9-15-16(26-8-7-25-15)10-14(13)22-17(24)12-3-1-6-23(11-12)18-20-4-2-5-21-18/h2,4-5,9-10,12H,1,3,6-8,11H2,(H,22,24). The van der Waals surface area contributed by atoms with Crippen LogP contribution >= 0.6 is 11.6 Å². The lowest BCUT2D eigenvalue weighted by Gasteiger charge is -2.32. The number of carbonyl (C=O) groups excluding carboxylic acids is 1. The molecule has 0 spiro atoms. The molecule has 1 atom stereocenters. The molecule has 1 amide bonds. The van der Waals surface area contributed by atoms with Crippen LogP contribution < -0.4 is 19.7 Å². The van der Waals surface area contributed by atoms with E-state index in [1.165, 1.54) is 0 Å². The summed E-state index contributed by atoms with van der Waals surface area (Å²) in [6.45, 7) is 2.40. The van der Waals surface area contributed by atoms with Crippen molar-refractivity contribution in [1.82, 2.24) is 9.97 Å². The number of halogens is 1. The zero-order chi connectivity index (χ0) is 17.9. The number of carbonyl (C=O) groups is 1. The Bertz CT molecular complexity index is 803. The first-order valence-corrected chi connectivity index (χ1v) is 9.00. The van der Waals surface area contributed by atoms with Crippen LogP contribution in [-0.4, -0.2) is 42.2 Å². The van der Waals surface area contributed by atoms with Crippen molar-refractivity contribution < 1.29 is 14.3 Å². The number of rotatable bonds is 3. The van der Waals surface area contributed by atoms with Gasteiger partial charge in [0.2, 0.25) is 11.9 Å². The van der Waals surface area contributed by atoms with Gasteiger partial charge in [0, 0.05) is 37.6 Å². The van der Waals surface area contributed by atoms with Gasteiger partial charge in [-0.15, -0.1) is 0 Å². The summed E-state index contributed by atoms with van der Waals surface area (Å²) in [5.41, 5.74) is 0.536. The molecule has 3 heterocycles. The highest BCUT2D eigenvalue weighted by Gasteiger charge is 2.28. The van der Waals surface area contributed by atoms with Gasteiger partial charge in [0.05, 0.1) is 16.6 Å². The minimum Gasteiger partial charge on any atom is -0.486 e. The van der Waals surface area contributed by atoms with Crippen molar-refractivity contribution in [1.29, 1.82) is 0 Å².